The summed E-state index contributed by atoms with van der Waals surface area (Å²) in [5.74, 6) is 0.767. The Balaban J connectivity index is 2.42. The predicted molar refractivity (Wildman–Crippen MR) is 63.0 cm³/mol. The van der Waals surface area contributed by atoms with Crippen molar-refractivity contribution in [2.24, 2.45) is 0 Å². The first-order valence-electron chi connectivity index (χ1n) is 4.54. The van der Waals surface area contributed by atoms with E-state index in [-0.39, 0.29) is 0 Å². The quantitative estimate of drug-likeness (QED) is 0.918. The molecule has 0 saturated heterocycles. The molecule has 4 nitrogen and oxygen atoms in total. The van der Waals surface area contributed by atoms with Crippen LogP contribution in [0.1, 0.15) is 5.69 Å². The number of methoxy groups -OCH3 is 1. The number of benzene rings is 1. The van der Waals surface area contributed by atoms with Crippen LogP contribution in [0.5, 0.6) is 5.75 Å². The van der Waals surface area contributed by atoms with Gasteiger partial charge >= 0.3 is 0 Å². The number of nitriles is 1. The Bertz CT molecular complexity index is 557. The van der Waals surface area contributed by atoms with Gasteiger partial charge in [-0.25, -0.2) is 0 Å². The number of hydrogen-bond acceptors (Lipinski definition) is 3. The van der Waals surface area contributed by atoms with Crippen molar-refractivity contribution in [1.29, 1.82) is 5.26 Å². The van der Waals surface area contributed by atoms with Gasteiger partial charge in [-0.3, -0.25) is 5.10 Å². The van der Waals surface area contributed by atoms with E-state index in [4.69, 9.17) is 10.00 Å². The van der Waals surface area contributed by atoms with Gasteiger partial charge in [-0.1, -0.05) is 0 Å². The van der Waals surface area contributed by atoms with E-state index in [9.17, 15) is 0 Å². The maximum Gasteiger partial charge on any atom is 0.162 e. The predicted octanol–water partition coefficient (Wildman–Crippen LogP) is 2.72. The fraction of sp³-hybridized carbons (Fsp3) is 0.0909. The molecule has 1 N–H and O–H groups in total. The summed E-state index contributed by atoms with van der Waals surface area (Å²) in [6.45, 7) is 0. The smallest absolute Gasteiger partial charge is 0.162 e. The van der Waals surface area contributed by atoms with Gasteiger partial charge < -0.3 is 4.74 Å². The summed E-state index contributed by atoms with van der Waals surface area (Å²) in [6, 6.07) is 9.34. The lowest BCUT2D eigenvalue weighted by Gasteiger charge is -2.04. The lowest BCUT2D eigenvalue weighted by atomic mass is 10.1. The highest BCUT2D eigenvalue weighted by Crippen LogP contribution is 2.29. The molecule has 0 radical (unpaired) electrons. The fourth-order valence-electron chi connectivity index (χ4n) is 1.36. The maximum atomic E-state index is 8.67. The van der Waals surface area contributed by atoms with Crippen LogP contribution in [-0.2, 0) is 0 Å². The van der Waals surface area contributed by atoms with Crippen LogP contribution in [0, 0.1) is 11.3 Å². The minimum absolute atomic E-state index is 0.377. The number of nitrogens with one attached hydrogen (secondary N) is 1. The van der Waals surface area contributed by atoms with Crippen molar-refractivity contribution in [2.75, 3.05) is 7.11 Å². The van der Waals surface area contributed by atoms with Crippen LogP contribution in [0.2, 0.25) is 0 Å². The van der Waals surface area contributed by atoms with E-state index in [1.165, 1.54) is 0 Å². The van der Waals surface area contributed by atoms with Crippen LogP contribution in [0.15, 0.2) is 28.7 Å². The molecule has 0 bridgehead atoms. The minimum atomic E-state index is 0.377. The molecular formula is C11H8BrN3O. The Labute approximate surface area is 101 Å². The van der Waals surface area contributed by atoms with Crippen molar-refractivity contribution >= 4 is 15.9 Å². The summed E-state index contributed by atoms with van der Waals surface area (Å²) >= 11 is 3.40. The zero-order valence-electron chi connectivity index (χ0n) is 8.49. The summed E-state index contributed by atoms with van der Waals surface area (Å²) in [5, 5.41) is 15.3. The van der Waals surface area contributed by atoms with Crippen LogP contribution in [0.3, 0.4) is 0 Å². The van der Waals surface area contributed by atoms with Crippen LogP contribution >= 0.6 is 15.9 Å². The molecule has 1 aromatic carbocycles. The minimum Gasteiger partial charge on any atom is -0.496 e. The van der Waals surface area contributed by atoms with Crippen molar-refractivity contribution < 1.29 is 4.74 Å². The highest BCUT2D eigenvalue weighted by molar-refractivity contribution is 9.10. The molecule has 16 heavy (non-hydrogen) atoms. The van der Waals surface area contributed by atoms with E-state index in [1.54, 1.807) is 13.2 Å². The highest BCUT2D eigenvalue weighted by atomic mass is 79.9. The molecule has 5 heteroatoms. The first-order chi connectivity index (χ1) is 7.74. The lowest BCUT2D eigenvalue weighted by molar-refractivity contribution is 0.412. The van der Waals surface area contributed by atoms with E-state index < -0.39 is 0 Å². The molecule has 0 spiro atoms. The first kappa shape index (κ1) is 10.7. The number of halogens is 1. The molecule has 2 aromatic rings. The van der Waals surface area contributed by atoms with E-state index in [2.05, 4.69) is 26.1 Å². The van der Waals surface area contributed by atoms with Gasteiger partial charge in [-0.05, 0) is 34.1 Å². The van der Waals surface area contributed by atoms with E-state index in [0.717, 1.165) is 21.5 Å². The summed E-state index contributed by atoms with van der Waals surface area (Å²) in [6.07, 6.45) is 0. The number of aromatic nitrogens is 2. The van der Waals surface area contributed by atoms with Crippen LogP contribution in [0.25, 0.3) is 11.3 Å². The Morgan fingerprint density at radius 1 is 1.44 bits per heavy atom. The Morgan fingerprint density at radius 2 is 2.25 bits per heavy atom. The van der Waals surface area contributed by atoms with Gasteiger partial charge in [-0.15, -0.1) is 0 Å². The Hall–Kier alpha value is -1.80. The average molecular weight is 278 g/mol. The van der Waals surface area contributed by atoms with Crippen LogP contribution in [-0.4, -0.2) is 17.3 Å². The second-order valence-corrected chi connectivity index (χ2v) is 3.98. The van der Waals surface area contributed by atoms with Gasteiger partial charge in [0.05, 0.1) is 17.3 Å². The summed E-state index contributed by atoms with van der Waals surface area (Å²) in [5.41, 5.74) is 2.13. The number of aromatic amines is 1. The third kappa shape index (κ3) is 1.92. The average Bonchev–Trinajstić information content (AvgIpc) is 2.77. The second kappa shape index (κ2) is 4.37. The zero-order valence-corrected chi connectivity index (χ0v) is 10.1. The molecular weight excluding hydrogens is 270 g/mol. The van der Waals surface area contributed by atoms with E-state index >= 15 is 0 Å². The van der Waals surface area contributed by atoms with Gasteiger partial charge in [0.2, 0.25) is 0 Å². The topological polar surface area (TPSA) is 61.7 Å². The SMILES string of the molecule is COc1ccc(-c2cc(C#N)n[nH]2)cc1Br. The maximum absolute atomic E-state index is 8.67. The monoisotopic (exact) mass is 277 g/mol. The number of nitrogens with zero attached hydrogens (tertiary/aromatic N) is 2. The Kier molecular flexibility index (Phi) is 2.93. The summed E-state index contributed by atoms with van der Waals surface area (Å²) < 4.78 is 6.00. The molecule has 1 aromatic heterocycles. The molecule has 2 rings (SSSR count). The molecule has 0 atom stereocenters. The van der Waals surface area contributed by atoms with E-state index in [0.29, 0.717) is 5.69 Å². The summed E-state index contributed by atoms with van der Waals surface area (Å²) in [4.78, 5) is 0. The number of rotatable bonds is 2. The fourth-order valence-corrected chi connectivity index (χ4v) is 1.90. The molecule has 0 saturated carbocycles. The van der Waals surface area contributed by atoms with Gasteiger partial charge in [0, 0.05) is 11.6 Å². The standard InChI is InChI=1S/C11H8BrN3O/c1-16-11-3-2-7(4-9(11)12)10-5-8(6-13)14-15-10/h2-5H,1H3,(H,14,15). The van der Waals surface area contributed by atoms with Crippen molar-refractivity contribution in [3.05, 3.63) is 34.4 Å². The van der Waals surface area contributed by atoms with Crippen LogP contribution in [0.4, 0.5) is 0 Å². The molecule has 0 fully saturated rings. The molecule has 0 unspecified atom stereocenters. The number of ether oxygens (including phenoxy) is 1. The lowest BCUT2D eigenvalue weighted by Crippen LogP contribution is -1.85. The van der Waals surface area contributed by atoms with Crippen molar-refractivity contribution in [3.63, 3.8) is 0 Å². The highest BCUT2D eigenvalue weighted by Gasteiger charge is 2.06. The zero-order chi connectivity index (χ0) is 11.5. The molecule has 0 aliphatic carbocycles. The largest absolute Gasteiger partial charge is 0.496 e. The van der Waals surface area contributed by atoms with E-state index in [1.807, 2.05) is 24.3 Å². The van der Waals surface area contributed by atoms with Crippen molar-refractivity contribution in [2.45, 2.75) is 0 Å². The molecule has 80 valence electrons. The first-order valence-corrected chi connectivity index (χ1v) is 5.33. The van der Waals surface area contributed by atoms with Crippen molar-refractivity contribution in [1.82, 2.24) is 10.2 Å². The number of hydrogen-bond donors (Lipinski definition) is 1. The normalized spacial score (nSPS) is 9.81. The molecule has 0 aliphatic rings. The molecule has 0 amide bonds. The third-order valence-electron chi connectivity index (χ3n) is 2.16. The summed E-state index contributed by atoms with van der Waals surface area (Å²) in [7, 11) is 1.61. The third-order valence-corrected chi connectivity index (χ3v) is 2.77. The van der Waals surface area contributed by atoms with Crippen LogP contribution < -0.4 is 4.74 Å². The molecule has 1 heterocycles. The van der Waals surface area contributed by atoms with Gasteiger partial charge in [0.1, 0.15) is 11.8 Å². The second-order valence-electron chi connectivity index (χ2n) is 3.13. The van der Waals surface area contributed by atoms with Gasteiger partial charge in [0.15, 0.2) is 5.69 Å². The number of H-pyrrole nitrogens is 1. The molecule has 0 aliphatic heterocycles. The van der Waals surface area contributed by atoms with Crippen molar-refractivity contribution in [3.8, 4) is 23.1 Å². The van der Waals surface area contributed by atoms with Gasteiger partial charge in [-0.2, -0.15) is 10.4 Å². The Morgan fingerprint density at radius 3 is 2.81 bits per heavy atom. The van der Waals surface area contributed by atoms with Gasteiger partial charge in [0.25, 0.3) is 0 Å².